The first kappa shape index (κ1) is 20.1. The average molecular weight is 459 g/mol. The van der Waals surface area contributed by atoms with E-state index in [-0.39, 0.29) is 17.5 Å². The van der Waals surface area contributed by atoms with Crippen LogP contribution in [0.15, 0.2) is 42.2 Å². The van der Waals surface area contributed by atoms with Crippen LogP contribution in [0.3, 0.4) is 0 Å². The number of amides is 1. The number of aromatic amines is 2. The molecular formula is C22H21N9O3. The zero-order valence-electron chi connectivity index (χ0n) is 18.5. The first-order valence-corrected chi connectivity index (χ1v) is 10.8. The number of pyridine rings is 1. The summed E-state index contributed by atoms with van der Waals surface area (Å²) in [6.45, 7) is 2.60. The van der Waals surface area contributed by atoms with E-state index in [1.807, 2.05) is 29.6 Å². The van der Waals surface area contributed by atoms with E-state index in [1.165, 1.54) is 30.5 Å². The van der Waals surface area contributed by atoms with Gasteiger partial charge in [0.1, 0.15) is 23.7 Å². The molecule has 0 aromatic carbocycles. The lowest BCUT2D eigenvalue weighted by Gasteiger charge is -2.22. The Hall–Kier alpha value is -4.48. The quantitative estimate of drug-likeness (QED) is 0.339. The molecule has 2 unspecified atom stereocenters. The minimum absolute atomic E-state index is 0.0146. The molecule has 1 saturated heterocycles. The molecule has 1 fully saturated rings. The third kappa shape index (κ3) is 2.99. The Bertz CT molecular complexity index is 1440. The van der Waals surface area contributed by atoms with Crippen LogP contribution in [0.2, 0.25) is 0 Å². The predicted molar refractivity (Wildman–Crippen MR) is 122 cm³/mol. The fourth-order valence-corrected chi connectivity index (χ4v) is 4.65. The highest BCUT2D eigenvalue weighted by Gasteiger charge is 2.43. The Kier molecular flexibility index (Phi) is 4.47. The lowest BCUT2D eigenvalue weighted by molar-refractivity contribution is -0.125. The van der Waals surface area contributed by atoms with Crippen molar-refractivity contribution in [2.24, 2.45) is 11.0 Å². The first-order valence-electron chi connectivity index (χ1n) is 10.8. The lowest BCUT2D eigenvalue weighted by Crippen LogP contribution is -2.38. The van der Waals surface area contributed by atoms with Gasteiger partial charge in [-0.05, 0) is 19.1 Å². The number of aromatic nitrogens is 6. The molecule has 2 N–H and O–H groups in total. The number of ether oxygens (including phenoxy) is 1. The maximum Gasteiger partial charge on any atom is 0.295 e. The number of ketones is 1. The van der Waals surface area contributed by atoms with E-state index in [2.05, 4.69) is 30.1 Å². The van der Waals surface area contributed by atoms with Gasteiger partial charge in [0.15, 0.2) is 5.82 Å². The maximum atomic E-state index is 13.4. The number of anilines is 1. The Balaban J connectivity index is 1.31. The molecule has 0 radical (unpaired) electrons. The van der Waals surface area contributed by atoms with Crippen molar-refractivity contribution in [2.75, 3.05) is 25.2 Å². The molecule has 4 aromatic heterocycles. The van der Waals surface area contributed by atoms with Crippen molar-refractivity contribution < 1.29 is 14.3 Å². The summed E-state index contributed by atoms with van der Waals surface area (Å²) in [6.07, 6.45) is 8.24. The molecule has 0 saturated carbocycles. The summed E-state index contributed by atoms with van der Waals surface area (Å²) in [5.74, 6) is 1.16. The van der Waals surface area contributed by atoms with E-state index >= 15 is 0 Å². The van der Waals surface area contributed by atoms with Crippen molar-refractivity contribution >= 4 is 34.6 Å². The Morgan fingerprint density at radius 1 is 1.21 bits per heavy atom. The number of nitrogens with zero attached hydrogens (tertiary/aromatic N) is 7. The number of nitrogens with one attached hydrogen (secondary N) is 2. The number of hydrazone groups is 1. The van der Waals surface area contributed by atoms with E-state index < -0.39 is 11.7 Å². The Labute approximate surface area is 193 Å². The first-order chi connectivity index (χ1) is 16.5. The third-order valence-electron chi connectivity index (χ3n) is 6.28. The molecule has 12 heteroatoms. The largest absolute Gasteiger partial charge is 0.494 e. The van der Waals surface area contributed by atoms with Gasteiger partial charge in [-0.25, -0.2) is 19.7 Å². The lowest BCUT2D eigenvalue weighted by atomic mass is 10.1. The monoisotopic (exact) mass is 459 g/mol. The van der Waals surface area contributed by atoms with Crippen LogP contribution in [0.1, 0.15) is 16.2 Å². The number of rotatable bonds is 5. The molecule has 6 heterocycles. The summed E-state index contributed by atoms with van der Waals surface area (Å²) in [5, 5.41) is 11.1. The van der Waals surface area contributed by atoms with Crippen LogP contribution in [-0.2, 0) is 4.79 Å². The highest BCUT2D eigenvalue weighted by Crippen LogP contribution is 2.33. The highest BCUT2D eigenvalue weighted by molar-refractivity contribution is 6.45. The number of carbonyl (C=O) groups is 2. The molecule has 2 atom stereocenters. The fourth-order valence-electron chi connectivity index (χ4n) is 4.65. The zero-order valence-corrected chi connectivity index (χ0v) is 18.5. The molecule has 2 aliphatic rings. The van der Waals surface area contributed by atoms with Crippen LogP contribution >= 0.6 is 0 Å². The maximum absolute atomic E-state index is 13.4. The highest BCUT2D eigenvalue weighted by atomic mass is 16.5. The number of H-pyrrole nitrogens is 2. The van der Waals surface area contributed by atoms with Crippen LogP contribution in [0.25, 0.3) is 16.7 Å². The molecule has 2 aliphatic heterocycles. The van der Waals surface area contributed by atoms with Crippen molar-refractivity contribution in [3.8, 4) is 11.6 Å². The van der Waals surface area contributed by atoms with Crippen LogP contribution in [0.4, 0.5) is 5.82 Å². The van der Waals surface area contributed by atoms with Gasteiger partial charge in [-0.15, -0.1) is 0 Å². The van der Waals surface area contributed by atoms with Gasteiger partial charge in [-0.3, -0.25) is 9.59 Å². The topological polar surface area (TPSA) is 137 Å². The van der Waals surface area contributed by atoms with Crippen molar-refractivity contribution in [1.29, 1.82) is 0 Å². The van der Waals surface area contributed by atoms with E-state index in [0.717, 1.165) is 5.82 Å². The van der Waals surface area contributed by atoms with Gasteiger partial charge in [-0.2, -0.15) is 10.2 Å². The summed E-state index contributed by atoms with van der Waals surface area (Å²) in [5.41, 5.74) is 0.757. The van der Waals surface area contributed by atoms with Gasteiger partial charge in [-0.1, -0.05) is 0 Å². The molecule has 1 amide bonds. The number of likely N-dealkylation sites (tertiary alicyclic amines) is 1. The molecular weight excluding hydrogens is 438 g/mol. The molecule has 4 aromatic rings. The van der Waals surface area contributed by atoms with Crippen LogP contribution < -0.4 is 9.75 Å². The second-order valence-corrected chi connectivity index (χ2v) is 8.27. The molecule has 0 aliphatic carbocycles. The average Bonchev–Trinajstić information content (AvgIpc) is 3.65. The van der Waals surface area contributed by atoms with Crippen LogP contribution in [-0.4, -0.2) is 78.8 Å². The Morgan fingerprint density at radius 2 is 2.09 bits per heavy atom. The molecule has 0 bridgehead atoms. The van der Waals surface area contributed by atoms with Gasteiger partial charge in [0.2, 0.25) is 0 Å². The van der Waals surface area contributed by atoms with E-state index in [4.69, 9.17) is 4.74 Å². The minimum Gasteiger partial charge on any atom is -0.494 e. The number of hydrogen-bond donors (Lipinski definition) is 2. The number of hydrogen-bond acceptors (Lipinski definition) is 8. The van der Waals surface area contributed by atoms with Gasteiger partial charge in [0.25, 0.3) is 11.7 Å². The van der Waals surface area contributed by atoms with Gasteiger partial charge in [0.05, 0.1) is 35.8 Å². The number of carbonyl (C=O) groups excluding carboxylic acids is 2. The molecule has 6 rings (SSSR count). The summed E-state index contributed by atoms with van der Waals surface area (Å²) < 4.78 is 6.98. The summed E-state index contributed by atoms with van der Waals surface area (Å²) in [7, 11) is 1.50. The number of aryl methyl sites for hydroxylation is 1. The molecule has 0 spiro atoms. The fraction of sp³-hybridized carbons (Fsp3) is 0.273. The van der Waals surface area contributed by atoms with Crippen molar-refractivity contribution in [3.05, 3.63) is 48.4 Å². The van der Waals surface area contributed by atoms with E-state index in [9.17, 15) is 9.59 Å². The van der Waals surface area contributed by atoms with Gasteiger partial charge >= 0.3 is 0 Å². The Morgan fingerprint density at radius 3 is 2.82 bits per heavy atom. The summed E-state index contributed by atoms with van der Waals surface area (Å²) >= 11 is 0. The predicted octanol–water partition coefficient (Wildman–Crippen LogP) is 1.30. The smallest absolute Gasteiger partial charge is 0.295 e. The molecule has 34 heavy (non-hydrogen) atoms. The number of Topliss-reactive ketones (excluding diaryl/α,β-unsaturated/α-hetero) is 1. The molecule has 12 nitrogen and oxygen atoms in total. The van der Waals surface area contributed by atoms with Crippen molar-refractivity contribution in [2.45, 2.75) is 13.0 Å². The van der Waals surface area contributed by atoms with Crippen LogP contribution in [0.5, 0.6) is 5.75 Å². The van der Waals surface area contributed by atoms with Gasteiger partial charge in [0, 0.05) is 37.6 Å². The van der Waals surface area contributed by atoms with Crippen molar-refractivity contribution in [3.63, 3.8) is 0 Å². The zero-order chi connectivity index (χ0) is 23.4. The second kappa shape index (κ2) is 7.54. The second-order valence-electron chi connectivity index (χ2n) is 8.27. The van der Waals surface area contributed by atoms with Crippen LogP contribution in [0, 0.1) is 12.8 Å². The van der Waals surface area contributed by atoms with E-state index in [1.54, 1.807) is 11.8 Å². The number of methoxy groups -OCH3 is 1. The summed E-state index contributed by atoms with van der Waals surface area (Å²) in [6, 6.07) is 3.81. The molecule has 172 valence electrons. The summed E-state index contributed by atoms with van der Waals surface area (Å²) in [4.78, 5) is 43.0. The van der Waals surface area contributed by atoms with Gasteiger partial charge < -0.3 is 19.6 Å². The normalized spacial score (nSPS) is 19.2. The standard InChI is InChI=1S/C22H21N9O3/c1-12-26-11-30(28-12)21-19-18(16(34-2)8-25-21)14(7-24-19)20(32)22(33)29-9-13-6-27-31(15(13)10-29)17-4-3-5-23-17/h3-8,11,13,15,23-24H,9-10H2,1-2H3. The van der Waals surface area contributed by atoms with E-state index in [0.29, 0.717) is 41.4 Å². The SMILES string of the molecule is COc1cnc(-n2cnc(C)n2)c2[nH]cc(C(=O)C(=O)N3CC4C=NN(c5ccc[nH]5)C4C3)c12. The van der Waals surface area contributed by atoms with Crippen molar-refractivity contribution in [1.82, 2.24) is 34.6 Å². The third-order valence-corrected chi connectivity index (χ3v) is 6.28. The minimum atomic E-state index is -0.611. The number of fused-ring (bicyclic) bond motifs is 2.